The van der Waals surface area contributed by atoms with Gasteiger partial charge in [0, 0.05) is 5.69 Å². The summed E-state index contributed by atoms with van der Waals surface area (Å²) in [4.78, 5) is 23.8. The van der Waals surface area contributed by atoms with E-state index in [-0.39, 0.29) is 16.1 Å². The second-order valence-electron chi connectivity index (χ2n) is 5.09. The van der Waals surface area contributed by atoms with Gasteiger partial charge in [0.1, 0.15) is 5.82 Å². The lowest BCUT2D eigenvalue weighted by Crippen LogP contribution is -2.30. The van der Waals surface area contributed by atoms with Gasteiger partial charge in [0.15, 0.2) is 6.10 Å². The van der Waals surface area contributed by atoms with Crippen molar-refractivity contribution >= 4 is 27.6 Å². The fraction of sp³-hybridized carbons (Fsp3) is 0.125. The highest BCUT2D eigenvalue weighted by molar-refractivity contribution is 7.89. The molecule has 2 aromatic rings. The van der Waals surface area contributed by atoms with Crippen molar-refractivity contribution in [1.29, 1.82) is 0 Å². The van der Waals surface area contributed by atoms with Gasteiger partial charge in [0.2, 0.25) is 10.0 Å². The Morgan fingerprint density at radius 3 is 2.28 bits per heavy atom. The molecule has 0 aliphatic heterocycles. The number of amides is 1. The van der Waals surface area contributed by atoms with E-state index < -0.39 is 33.8 Å². The highest BCUT2D eigenvalue weighted by atomic mass is 32.2. The number of hydrogen-bond acceptors (Lipinski definition) is 5. The summed E-state index contributed by atoms with van der Waals surface area (Å²) in [6.45, 7) is 1.33. The van der Waals surface area contributed by atoms with Gasteiger partial charge in [-0.3, -0.25) is 4.79 Å². The summed E-state index contributed by atoms with van der Waals surface area (Å²) in [6.07, 6.45) is -1.19. The van der Waals surface area contributed by atoms with Crippen LogP contribution in [0.5, 0.6) is 0 Å². The standard InChI is InChI=1S/C16H15FN2O5S/c1-10(24-16(21)13-4-2-3-5-14(13)17)15(20)19-11-6-8-12(9-7-11)25(18,22)23/h2-10H,1H3,(H,19,20)(H2,18,22,23)/t10-/m0/s1. The average Bonchev–Trinajstić information content (AvgIpc) is 2.54. The minimum atomic E-state index is -3.83. The number of hydrogen-bond donors (Lipinski definition) is 2. The quantitative estimate of drug-likeness (QED) is 0.781. The first-order valence-electron chi connectivity index (χ1n) is 7.07. The third kappa shape index (κ3) is 4.85. The fourth-order valence-electron chi connectivity index (χ4n) is 1.88. The Bertz CT molecular complexity index is 897. The summed E-state index contributed by atoms with van der Waals surface area (Å²) in [6, 6.07) is 10.4. The van der Waals surface area contributed by atoms with Gasteiger partial charge in [-0.1, -0.05) is 12.1 Å². The van der Waals surface area contributed by atoms with E-state index in [2.05, 4.69) is 5.32 Å². The SMILES string of the molecule is C[C@H](OC(=O)c1ccccc1F)C(=O)Nc1ccc(S(N)(=O)=O)cc1. The maximum atomic E-state index is 13.5. The van der Waals surface area contributed by atoms with Gasteiger partial charge in [0.05, 0.1) is 10.5 Å². The summed E-state index contributed by atoms with van der Waals surface area (Å²) < 4.78 is 40.8. The third-order valence-corrected chi connectivity index (χ3v) is 4.13. The predicted octanol–water partition coefficient (Wildman–Crippen LogP) is 1.66. The molecular formula is C16H15FN2O5S. The van der Waals surface area contributed by atoms with Crippen LogP contribution in [0.1, 0.15) is 17.3 Å². The second kappa shape index (κ2) is 7.41. The van der Waals surface area contributed by atoms with E-state index >= 15 is 0 Å². The molecule has 0 saturated heterocycles. The van der Waals surface area contributed by atoms with Crippen LogP contribution in [-0.2, 0) is 19.6 Å². The molecule has 0 aliphatic carbocycles. The number of nitrogens with two attached hydrogens (primary N) is 1. The van der Waals surface area contributed by atoms with Gasteiger partial charge in [-0.2, -0.15) is 0 Å². The zero-order valence-electron chi connectivity index (χ0n) is 13.1. The number of primary sulfonamides is 1. The van der Waals surface area contributed by atoms with E-state index in [4.69, 9.17) is 9.88 Å². The normalized spacial score (nSPS) is 12.3. The van der Waals surface area contributed by atoms with Gasteiger partial charge in [0.25, 0.3) is 5.91 Å². The summed E-state index contributed by atoms with van der Waals surface area (Å²) in [7, 11) is -3.83. The Kier molecular flexibility index (Phi) is 5.50. The summed E-state index contributed by atoms with van der Waals surface area (Å²) >= 11 is 0. The molecule has 0 spiro atoms. The van der Waals surface area contributed by atoms with Crippen LogP contribution in [0.2, 0.25) is 0 Å². The number of ether oxygens (including phenoxy) is 1. The molecule has 0 radical (unpaired) electrons. The van der Waals surface area contributed by atoms with E-state index in [1.807, 2.05) is 0 Å². The van der Waals surface area contributed by atoms with Crippen LogP contribution in [0.4, 0.5) is 10.1 Å². The number of rotatable bonds is 5. The topological polar surface area (TPSA) is 116 Å². The Labute approximate surface area is 143 Å². The Hall–Kier alpha value is -2.78. The van der Waals surface area contributed by atoms with E-state index in [0.717, 1.165) is 6.07 Å². The van der Waals surface area contributed by atoms with E-state index in [1.165, 1.54) is 49.4 Å². The molecule has 0 bridgehead atoms. The van der Waals surface area contributed by atoms with Crippen molar-refractivity contribution in [3.8, 4) is 0 Å². The number of nitrogens with one attached hydrogen (secondary N) is 1. The van der Waals surface area contributed by atoms with Crippen molar-refractivity contribution < 1.29 is 27.1 Å². The van der Waals surface area contributed by atoms with Crippen LogP contribution in [-0.4, -0.2) is 26.4 Å². The first-order chi connectivity index (χ1) is 11.7. The molecule has 0 unspecified atom stereocenters. The number of halogens is 1. The number of carbonyl (C=O) groups is 2. The molecule has 0 heterocycles. The Morgan fingerprint density at radius 1 is 1.12 bits per heavy atom. The van der Waals surface area contributed by atoms with Gasteiger partial charge < -0.3 is 10.1 Å². The summed E-state index contributed by atoms with van der Waals surface area (Å²) in [5.41, 5.74) is 0.00541. The highest BCUT2D eigenvalue weighted by Crippen LogP contribution is 2.14. The van der Waals surface area contributed by atoms with Crippen LogP contribution in [0.15, 0.2) is 53.4 Å². The van der Waals surface area contributed by atoms with Crippen LogP contribution < -0.4 is 10.5 Å². The molecule has 2 aromatic carbocycles. The Morgan fingerprint density at radius 2 is 1.72 bits per heavy atom. The lowest BCUT2D eigenvalue weighted by atomic mass is 10.2. The number of sulfonamides is 1. The van der Waals surface area contributed by atoms with Gasteiger partial charge in [-0.15, -0.1) is 0 Å². The average molecular weight is 366 g/mol. The molecule has 2 rings (SSSR count). The van der Waals surface area contributed by atoms with E-state index in [0.29, 0.717) is 0 Å². The minimum Gasteiger partial charge on any atom is -0.449 e. The number of benzene rings is 2. The molecule has 1 atom stereocenters. The van der Waals surface area contributed by atoms with Crippen molar-refractivity contribution in [2.75, 3.05) is 5.32 Å². The van der Waals surface area contributed by atoms with Gasteiger partial charge in [-0.05, 0) is 43.3 Å². The molecule has 1 amide bonds. The van der Waals surface area contributed by atoms with E-state index in [1.54, 1.807) is 0 Å². The summed E-state index contributed by atoms with van der Waals surface area (Å²) in [5, 5.41) is 7.42. The lowest BCUT2D eigenvalue weighted by Gasteiger charge is -2.14. The number of esters is 1. The first-order valence-corrected chi connectivity index (χ1v) is 8.62. The molecular weight excluding hydrogens is 351 g/mol. The zero-order valence-corrected chi connectivity index (χ0v) is 13.9. The second-order valence-corrected chi connectivity index (χ2v) is 6.65. The minimum absolute atomic E-state index is 0.107. The van der Waals surface area contributed by atoms with E-state index in [9.17, 15) is 22.4 Å². The molecule has 0 saturated carbocycles. The number of carbonyl (C=O) groups excluding carboxylic acids is 2. The maximum Gasteiger partial charge on any atom is 0.341 e. The van der Waals surface area contributed by atoms with Crippen molar-refractivity contribution in [2.24, 2.45) is 5.14 Å². The molecule has 132 valence electrons. The lowest BCUT2D eigenvalue weighted by molar-refractivity contribution is -0.123. The van der Waals surface area contributed by atoms with Crippen molar-refractivity contribution in [3.05, 3.63) is 59.9 Å². The molecule has 25 heavy (non-hydrogen) atoms. The van der Waals surface area contributed by atoms with Crippen molar-refractivity contribution in [3.63, 3.8) is 0 Å². The van der Waals surface area contributed by atoms with Crippen molar-refractivity contribution in [1.82, 2.24) is 0 Å². The zero-order chi connectivity index (χ0) is 18.6. The maximum absolute atomic E-state index is 13.5. The molecule has 0 aliphatic rings. The monoisotopic (exact) mass is 366 g/mol. The predicted molar refractivity (Wildman–Crippen MR) is 87.7 cm³/mol. The van der Waals surface area contributed by atoms with Crippen molar-refractivity contribution in [2.45, 2.75) is 17.9 Å². The fourth-order valence-corrected chi connectivity index (χ4v) is 2.39. The molecule has 3 N–H and O–H groups in total. The molecule has 7 nitrogen and oxygen atoms in total. The first kappa shape index (κ1) is 18.6. The molecule has 0 aromatic heterocycles. The van der Waals surface area contributed by atoms with Crippen LogP contribution >= 0.6 is 0 Å². The van der Waals surface area contributed by atoms with Crippen LogP contribution in [0, 0.1) is 5.82 Å². The highest BCUT2D eigenvalue weighted by Gasteiger charge is 2.21. The largest absolute Gasteiger partial charge is 0.449 e. The van der Waals surface area contributed by atoms with Crippen LogP contribution in [0.25, 0.3) is 0 Å². The number of anilines is 1. The van der Waals surface area contributed by atoms with Crippen LogP contribution in [0.3, 0.4) is 0 Å². The smallest absolute Gasteiger partial charge is 0.341 e. The third-order valence-electron chi connectivity index (χ3n) is 3.20. The summed E-state index contributed by atoms with van der Waals surface area (Å²) in [5.74, 6) is -2.38. The van der Waals surface area contributed by atoms with Gasteiger partial charge >= 0.3 is 5.97 Å². The van der Waals surface area contributed by atoms with Gasteiger partial charge in [-0.25, -0.2) is 22.7 Å². The molecule has 0 fully saturated rings. The molecule has 9 heteroatoms. The Balaban J connectivity index is 2.01.